The number of hydroxylamine groups is 1. The number of rotatable bonds is 12. The molecule has 1 heterocycles. The van der Waals surface area contributed by atoms with E-state index in [0.717, 1.165) is 19.0 Å². The number of unbranched alkanes of at least 4 members (excludes halogenated alkanes) is 3. The van der Waals surface area contributed by atoms with Gasteiger partial charge in [0.25, 0.3) is 0 Å². The average Bonchev–Trinajstić information content (AvgIpc) is 2.88. The number of nitrogens with zero attached hydrogens (tertiary/aromatic N) is 1. The molecule has 0 fully saturated rings. The molecular formula is C26H28F2N4O4. The fraction of sp³-hybridized carbons (Fsp3) is 0.269. The highest BCUT2D eigenvalue weighted by atomic mass is 19.1. The molecule has 2 amide bonds. The first-order valence-electron chi connectivity index (χ1n) is 11.5. The molecule has 0 aliphatic rings. The van der Waals surface area contributed by atoms with Gasteiger partial charge in [-0.2, -0.15) is 0 Å². The lowest BCUT2D eigenvalue weighted by Crippen LogP contribution is -2.17. The van der Waals surface area contributed by atoms with Crippen LogP contribution in [0.5, 0.6) is 5.75 Å². The number of anilines is 3. The largest absolute Gasteiger partial charge is 0.496 e. The summed E-state index contributed by atoms with van der Waals surface area (Å²) >= 11 is 0. The van der Waals surface area contributed by atoms with Gasteiger partial charge in [-0.3, -0.25) is 14.8 Å². The van der Waals surface area contributed by atoms with Gasteiger partial charge in [-0.1, -0.05) is 12.8 Å². The van der Waals surface area contributed by atoms with Gasteiger partial charge in [-0.05, 0) is 55.3 Å². The van der Waals surface area contributed by atoms with Crippen LogP contribution in [-0.2, 0) is 9.59 Å². The number of benzene rings is 2. The maximum atomic E-state index is 14.5. The summed E-state index contributed by atoms with van der Waals surface area (Å²) in [5.41, 5.74) is 3.52. The molecule has 0 saturated carbocycles. The van der Waals surface area contributed by atoms with E-state index in [2.05, 4.69) is 15.6 Å². The lowest BCUT2D eigenvalue weighted by Gasteiger charge is -2.12. The van der Waals surface area contributed by atoms with Crippen LogP contribution in [0.2, 0.25) is 0 Å². The third-order valence-electron chi connectivity index (χ3n) is 5.43. The van der Waals surface area contributed by atoms with E-state index in [9.17, 15) is 18.4 Å². The van der Waals surface area contributed by atoms with Gasteiger partial charge in [-0.15, -0.1) is 0 Å². The summed E-state index contributed by atoms with van der Waals surface area (Å²) in [6, 6.07) is 12.4. The van der Waals surface area contributed by atoms with Crippen LogP contribution >= 0.6 is 0 Å². The van der Waals surface area contributed by atoms with Crippen LogP contribution in [-0.4, -0.2) is 29.1 Å². The van der Waals surface area contributed by atoms with Crippen LogP contribution in [0.15, 0.2) is 54.7 Å². The van der Waals surface area contributed by atoms with Gasteiger partial charge in [0.15, 0.2) is 0 Å². The van der Waals surface area contributed by atoms with Gasteiger partial charge >= 0.3 is 0 Å². The van der Waals surface area contributed by atoms with E-state index in [1.54, 1.807) is 29.7 Å². The van der Waals surface area contributed by atoms with Crippen molar-refractivity contribution in [2.24, 2.45) is 0 Å². The van der Waals surface area contributed by atoms with Crippen molar-refractivity contribution in [2.75, 3.05) is 17.7 Å². The molecule has 0 atom stereocenters. The minimum absolute atomic E-state index is 0.109. The zero-order valence-electron chi connectivity index (χ0n) is 19.8. The Bertz CT molecular complexity index is 1190. The lowest BCUT2D eigenvalue weighted by molar-refractivity contribution is -0.129. The van der Waals surface area contributed by atoms with Crippen LogP contribution < -0.4 is 20.9 Å². The van der Waals surface area contributed by atoms with E-state index < -0.39 is 17.5 Å². The highest BCUT2D eigenvalue weighted by Crippen LogP contribution is 2.33. The van der Waals surface area contributed by atoms with E-state index in [1.807, 2.05) is 0 Å². The quantitative estimate of drug-likeness (QED) is 0.148. The molecule has 3 rings (SSSR count). The summed E-state index contributed by atoms with van der Waals surface area (Å²) in [7, 11) is 1.39. The summed E-state index contributed by atoms with van der Waals surface area (Å²) in [6.45, 7) is 0. The molecular weight excluding hydrogens is 470 g/mol. The predicted octanol–water partition coefficient (Wildman–Crippen LogP) is 5.56. The van der Waals surface area contributed by atoms with Crippen LogP contribution in [0, 0.1) is 11.6 Å². The van der Waals surface area contributed by atoms with Crippen LogP contribution in [0.4, 0.5) is 26.0 Å². The van der Waals surface area contributed by atoms with Gasteiger partial charge in [0.05, 0.1) is 13.3 Å². The molecule has 0 bridgehead atoms. The first-order chi connectivity index (χ1) is 17.4. The van der Waals surface area contributed by atoms with Crippen molar-refractivity contribution in [2.45, 2.75) is 38.5 Å². The van der Waals surface area contributed by atoms with Crippen LogP contribution in [0.1, 0.15) is 38.5 Å². The Kier molecular flexibility index (Phi) is 9.70. The third kappa shape index (κ3) is 7.74. The average molecular weight is 499 g/mol. The number of ether oxygens (including phenoxy) is 1. The number of halogens is 2. The van der Waals surface area contributed by atoms with E-state index in [-0.39, 0.29) is 23.6 Å². The molecule has 36 heavy (non-hydrogen) atoms. The van der Waals surface area contributed by atoms with Crippen molar-refractivity contribution in [1.29, 1.82) is 0 Å². The fourth-order valence-corrected chi connectivity index (χ4v) is 3.59. The van der Waals surface area contributed by atoms with Crippen molar-refractivity contribution < 1.29 is 28.3 Å². The molecule has 0 aliphatic carbocycles. The topological polar surface area (TPSA) is 113 Å². The van der Waals surface area contributed by atoms with E-state index in [0.29, 0.717) is 42.0 Å². The molecule has 0 radical (unpaired) electrons. The SMILES string of the molecule is COc1cc(F)ccc1-c1cc(Nc2ccc(NC(=O)CCCCCCC(=O)NO)cc2)ncc1F. The molecule has 8 nitrogen and oxygen atoms in total. The molecule has 1 aromatic heterocycles. The first kappa shape index (κ1) is 26.6. The van der Waals surface area contributed by atoms with Gasteiger partial charge in [-0.25, -0.2) is 19.2 Å². The van der Waals surface area contributed by atoms with Crippen molar-refractivity contribution >= 4 is 29.0 Å². The standard InChI is InChI=1S/C26H28F2N4O4/c1-36-23-14-17(27)8-13-20(23)21-15-24(29-16-22(21)28)30-18-9-11-19(12-10-18)31-25(33)6-4-2-3-5-7-26(34)32-35/h8-16,35H,2-7H2,1H3,(H,29,30)(H,31,33)(H,32,34). The number of carbonyl (C=O) groups is 2. The van der Waals surface area contributed by atoms with Gasteiger partial charge in [0.1, 0.15) is 23.2 Å². The molecule has 2 aromatic carbocycles. The summed E-state index contributed by atoms with van der Waals surface area (Å²) in [5, 5.41) is 14.4. The van der Waals surface area contributed by atoms with Gasteiger partial charge < -0.3 is 15.4 Å². The number of aromatic nitrogens is 1. The van der Waals surface area contributed by atoms with Crippen molar-refractivity contribution in [1.82, 2.24) is 10.5 Å². The Balaban J connectivity index is 1.54. The maximum absolute atomic E-state index is 14.5. The number of nitrogens with one attached hydrogen (secondary N) is 3. The summed E-state index contributed by atoms with van der Waals surface area (Å²) in [6.07, 6.45) is 4.67. The van der Waals surface area contributed by atoms with Gasteiger partial charge in [0, 0.05) is 41.4 Å². The Morgan fingerprint density at radius 3 is 2.22 bits per heavy atom. The number of carbonyl (C=O) groups excluding carboxylic acids is 2. The number of hydrogen-bond donors (Lipinski definition) is 4. The second-order valence-corrected chi connectivity index (χ2v) is 8.09. The summed E-state index contributed by atoms with van der Waals surface area (Å²) < 4.78 is 33.2. The monoisotopic (exact) mass is 498 g/mol. The first-order valence-corrected chi connectivity index (χ1v) is 11.5. The fourth-order valence-electron chi connectivity index (χ4n) is 3.59. The Morgan fingerprint density at radius 1 is 0.889 bits per heavy atom. The number of pyridine rings is 1. The zero-order chi connectivity index (χ0) is 25.9. The molecule has 3 aromatic rings. The van der Waals surface area contributed by atoms with E-state index in [4.69, 9.17) is 9.94 Å². The normalized spacial score (nSPS) is 10.6. The number of hydrogen-bond acceptors (Lipinski definition) is 6. The summed E-state index contributed by atoms with van der Waals surface area (Å²) in [5.74, 6) is -0.984. The smallest absolute Gasteiger partial charge is 0.243 e. The highest BCUT2D eigenvalue weighted by molar-refractivity contribution is 5.90. The number of amides is 2. The maximum Gasteiger partial charge on any atom is 0.243 e. The molecule has 0 spiro atoms. The molecule has 190 valence electrons. The second kappa shape index (κ2) is 13.1. The Morgan fingerprint density at radius 2 is 1.56 bits per heavy atom. The molecule has 0 aliphatic heterocycles. The van der Waals surface area contributed by atoms with Crippen LogP contribution in [0.3, 0.4) is 0 Å². The summed E-state index contributed by atoms with van der Waals surface area (Å²) in [4.78, 5) is 27.2. The van der Waals surface area contributed by atoms with Crippen molar-refractivity contribution in [3.05, 3.63) is 66.4 Å². The van der Waals surface area contributed by atoms with E-state index in [1.165, 1.54) is 31.4 Å². The minimum Gasteiger partial charge on any atom is -0.496 e. The highest BCUT2D eigenvalue weighted by Gasteiger charge is 2.13. The Hall–Kier alpha value is -4.05. The molecule has 4 N–H and O–H groups in total. The Labute approximate surface area is 207 Å². The number of methoxy groups -OCH3 is 1. The van der Waals surface area contributed by atoms with Crippen LogP contribution in [0.25, 0.3) is 11.1 Å². The lowest BCUT2D eigenvalue weighted by atomic mass is 10.0. The third-order valence-corrected chi connectivity index (χ3v) is 5.43. The van der Waals surface area contributed by atoms with E-state index >= 15 is 0 Å². The molecule has 10 heteroatoms. The second-order valence-electron chi connectivity index (χ2n) is 8.09. The zero-order valence-corrected chi connectivity index (χ0v) is 19.8. The van der Waals surface area contributed by atoms with Gasteiger partial charge in [0.2, 0.25) is 11.8 Å². The molecule has 0 saturated heterocycles. The predicted molar refractivity (Wildman–Crippen MR) is 132 cm³/mol. The molecule has 0 unspecified atom stereocenters. The minimum atomic E-state index is -0.570. The van der Waals surface area contributed by atoms with Crippen molar-refractivity contribution in [3.63, 3.8) is 0 Å². The van der Waals surface area contributed by atoms with Crippen molar-refractivity contribution in [3.8, 4) is 16.9 Å².